The van der Waals surface area contributed by atoms with Crippen LogP contribution in [0.2, 0.25) is 0 Å². The van der Waals surface area contributed by atoms with Crippen molar-refractivity contribution in [3.8, 4) is 5.75 Å². The summed E-state index contributed by atoms with van der Waals surface area (Å²) in [5, 5.41) is 3.58. The van der Waals surface area contributed by atoms with E-state index in [-0.39, 0.29) is 0 Å². The van der Waals surface area contributed by atoms with Crippen molar-refractivity contribution in [3.05, 3.63) is 29.8 Å². The van der Waals surface area contributed by atoms with Crippen LogP contribution in [-0.4, -0.2) is 37.7 Å². The van der Waals surface area contributed by atoms with Gasteiger partial charge in [0, 0.05) is 30.7 Å². The van der Waals surface area contributed by atoms with Crippen molar-refractivity contribution in [2.45, 2.75) is 38.4 Å². The van der Waals surface area contributed by atoms with Crippen molar-refractivity contribution in [1.82, 2.24) is 10.2 Å². The van der Waals surface area contributed by atoms with E-state index in [0.717, 1.165) is 24.9 Å². The highest BCUT2D eigenvalue weighted by atomic mass is 16.5. The lowest BCUT2D eigenvalue weighted by Gasteiger charge is -2.25. The van der Waals surface area contributed by atoms with Gasteiger partial charge in [0.1, 0.15) is 5.75 Å². The van der Waals surface area contributed by atoms with Gasteiger partial charge in [-0.15, -0.1) is 0 Å². The maximum Gasteiger partial charge on any atom is 0.123 e. The van der Waals surface area contributed by atoms with Gasteiger partial charge in [-0.2, -0.15) is 0 Å². The third kappa shape index (κ3) is 3.72. The van der Waals surface area contributed by atoms with Crippen LogP contribution >= 0.6 is 0 Å². The summed E-state index contributed by atoms with van der Waals surface area (Å²) in [6, 6.07) is 9.56. The second kappa shape index (κ2) is 6.21. The molecule has 0 aliphatic heterocycles. The molecule has 0 spiro atoms. The molecule has 3 heteroatoms. The zero-order valence-corrected chi connectivity index (χ0v) is 11.6. The summed E-state index contributed by atoms with van der Waals surface area (Å²) in [5.74, 6) is 0.978. The fourth-order valence-electron chi connectivity index (χ4n) is 2.04. The molecule has 0 saturated heterocycles. The highest BCUT2D eigenvalue weighted by molar-refractivity contribution is 5.33. The van der Waals surface area contributed by atoms with E-state index in [2.05, 4.69) is 36.3 Å². The fourth-order valence-corrected chi connectivity index (χ4v) is 2.04. The van der Waals surface area contributed by atoms with Gasteiger partial charge in [0.15, 0.2) is 0 Å². The molecule has 1 fully saturated rings. The third-order valence-electron chi connectivity index (χ3n) is 3.64. The lowest BCUT2D eigenvalue weighted by molar-refractivity contribution is 0.239. The molecule has 1 aliphatic carbocycles. The number of nitrogens with zero attached hydrogens (tertiary/aromatic N) is 1. The molecular weight excluding hydrogens is 224 g/mol. The van der Waals surface area contributed by atoms with Crippen LogP contribution in [0.25, 0.3) is 0 Å². The van der Waals surface area contributed by atoms with Gasteiger partial charge in [0.2, 0.25) is 0 Å². The van der Waals surface area contributed by atoms with Gasteiger partial charge in [-0.1, -0.05) is 18.2 Å². The third-order valence-corrected chi connectivity index (χ3v) is 3.64. The summed E-state index contributed by atoms with van der Waals surface area (Å²) >= 11 is 0. The van der Waals surface area contributed by atoms with E-state index >= 15 is 0 Å². The normalized spacial score (nSPS) is 16.9. The van der Waals surface area contributed by atoms with Crippen molar-refractivity contribution in [2.75, 3.05) is 20.7 Å². The van der Waals surface area contributed by atoms with Gasteiger partial charge >= 0.3 is 0 Å². The smallest absolute Gasteiger partial charge is 0.123 e. The maximum absolute atomic E-state index is 5.39. The number of hydrogen-bond acceptors (Lipinski definition) is 3. The number of nitrogens with one attached hydrogen (secondary N) is 1. The predicted molar refractivity (Wildman–Crippen MR) is 74.9 cm³/mol. The molecule has 1 aliphatic rings. The molecule has 1 aromatic rings. The molecule has 1 N–H and O–H groups in total. The minimum absolute atomic E-state index is 0.538. The van der Waals surface area contributed by atoms with Crippen LogP contribution in [0.4, 0.5) is 0 Å². The second-order valence-electron chi connectivity index (χ2n) is 5.26. The first-order valence-electron chi connectivity index (χ1n) is 6.76. The molecule has 0 aromatic heterocycles. The number of rotatable bonds is 7. The van der Waals surface area contributed by atoms with Crippen molar-refractivity contribution < 1.29 is 4.74 Å². The number of methoxy groups -OCH3 is 1. The topological polar surface area (TPSA) is 24.5 Å². The van der Waals surface area contributed by atoms with Crippen molar-refractivity contribution in [3.63, 3.8) is 0 Å². The van der Waals surface area contributed by atoms with Crippen LogP contribution < -0.4 is 10.1 Å². The van der Waals surface area contributed by atoms with Gasteiger partial charge in [-0.25, -0.2) is 0 Å². The first-order valence-corrected chi connectivity index (χ1v) is 6.76. The van der Waals surface area contributed by atoms with E-state index in [1.54, 1.807) is 7.11 Å². The van der Waals surface area contributed by atoms with Gasteiger partial charge < -0.3 is 10.1 Å². The molecule has 3 nitrogen and oxygen atoms in total. The predicted octanol–water partition coefficient (Wildman–Crippen LogP) is 2.27. The Balaban J connectivity index is 1.86. The van der Waals surface area contributed by atoms with Gasteiger partial charge in [-0.05, 0) is 32.9 Å². The van der Waals surface area contributed by atoms with Gasteiger partial charge in [-0.3, -0.25) is 4.90 Å². The Labute approximate surface area is 110 Å². The molecule has 1 saturated carbocycles. The monoisotopic (exact) mass is 248 g/mol. The number of hydrogen-bond donors (Lipinski definition) is 1. The number of benzene rings is 1. The summed E-state index contributed by atoms with van der Waals surface area (Å²) in [6.45, 7) is 4.26. The van der Waals surface area contributed by atoms with E-state index in [0.29, 0.717) is 6.04 Å². The van der Waals surface area contributed by atoms with Crippen LogP contribution in [0.3, 0.4) is 0 Å². The van der Waals surface area contributed by atoms with Crippen molar-refractivity contribution in [2.24, 2.45) is 0 Å². The lowest BCUT2D eigenvalue weighted by Crippen LogP contribution is -2.38. The van der Waals surface area contributed by atoms with Crippen molar-refractivity contribution in [1.29, 1.82) is 0 Å². The van der Waals surface area contributed by atoms with Crippen LogP contribution in [0.5, 0.6) is 5.75 Å². The number of para-hydroxylation sites is 1. The molecule has 2 rings (SSSR count). The van der Waals surface area contributed by atoms with E-state index in [9.17, 15) is 0 Å². The lowest BCUT2D eigenvalue weighted by atomic mass is 10.1. The minimum Gasteiger partial charge on any atom is -0.496 e. The van der Waals surface area contributed by atoms with Crippen LogP contribution in [0.15, 0.2) is 24.3 Å². The van der Waals surface area contributed by atoms with E-state index in [1.165, 1.54) is 18.4 Å². The molecule has 1 aromatic carbocycles. The molecule has 0 heterocycles. The molecule has 100 valence electrons. The van der Waals surface area contributed by atoms with Crippen LogP contribution in [-0.2, 0) is 6.54 Å². The van der Waals surface area contributed by atoms with Gasteiger partial charge in [0.05, 0.1) is 7.11 Å². The van der Waals surface area contributed by atoms with Gasteiger partial charge in [0.25, 0.3) is 0 Å². The first-order chi connectivity index (χ1) is 8.70. The Morgan fingerprint density at radius 2 is 2.11 bits per heavy atom. The Morgan fingerprint density at radius 3 is 2.78 bits per heavy atom. The SMILES string of the molecule is COc1ccccc1CN(C)C(C)CNC1CC1. The standard InChI is InChI=1S/C15H24N2O/c1-12(10-16-14-8-9-14)17(2)11-13-6-4-5-7-15(13)18-3/h4-7,12,14,16H,8-11H2,1-3H3. The molecule has 0 bridgehead atoms. The van der Waals surface area contributed by atoms with E-state index in [4.69, 9.17) is 4.74 Å². The van der Waals surface area contributed by atoms with Crippen LogP contribution in [0, 0.1) is 0 Å². The van der Waals surface area contributed by atoms with E-state index in [1.807, 2.05) is 12.1 Å². The Bertz CT molecular complexity index is 377. The summed E-state index contributed by atoms with van der Waals surface area (Å²) in [4.78, 5) is 2.37. The Kier molecular flexibility index (Phi) is 4.61. The van der Waals surface area contributed by atoms with Crippen LogP contribution in [0.1, 0.15) is 25.3 Å². The summed E-state index contributed by atoms with van der Waals surface area (Å²) < 4.78 is 5.39. The zero-order chi connectivity index (χ0) is 13.0. The summed E-state index contributed by atoms with van der Waals surface area (Å²) in [7, 11) is 3.91. The fraction of sp³-hybridized carbons (Fsp3) is 0.600. The number of likely N-dealkylation sites (N-methyl/N-ethyl adjacent to an activating group) is 1. The summed E-state index contributed by atoms with van der Waals surface area (Å²) in [5.41, 5.74) is 1.25. The second-order valence-corrected chi connectivity index (χ2v) is 5.26. The average molecular weight is 248 g/mol. The molecule has 1 unspecified atom stereocenters. The molecular formula is C15H24N2O. The highest BCUT2D eigenvalue weighted by Gasteiger charge is 2.21. The minimum atomic E-state index is 0.538. The van der Waals surface area contributed by atoms with E-state index < -0.39 is 0 Å². The maximum atomic E-state index is 5.39. The molecule has 1 atom stereocenters. The molecule has 0 amide bonds. The summed E-state index contributed by atoms with van der Waals surface area (Å²) in [6.07, 6.45) is 2.70. The first kappa shape index (κ1) is 13.4. The molecule has 18 heavy (non-hydrogen) atoms. The highest BCUT2D eigenvalue weighted by Crippen LogP contribution is 2.20. The largest absolute Gasteiger partial charge is 0.496 e. The average Bonchev–Trinajstić information content (AvgIpc) is 3.20. The van der Waals surface area contributed by atoms with Crippen molar-refractivity contribution >= 4 is 0 Å². The molecule has 0 radical (unpaired) electrons. The Morgan fingerprint density at radius 1 is 1.39 bits per heavy atom. The quantitative estimate of drug-likeness (QED) is 0.801. The zero-order valence-electron chi connectivity index (χ0n) is 11.6. The Hall–Kier alpha value is -1.06. The number of ether oxygens (including phenoxy) is 1.